The summed E-state index contributed by atoms with van der Waals surface area (Å²) < 4.78 is 0. The highest BCUT2D eigenvalue weighted by molar-refractivity contribution is 7.09. The Bertz CT molecular complexity index is 432. The molecule has 0 aliphatic carbocycles. The zero-order chi connectivity index (χ0) is 12.6. The van der Waals surface area contributed by atoms with Gasteiger partial charge in [-0.3, -0.25) is 9.69 Å². The summed E-state index contributed by atoms with van der Waals surface area (Å²) in [5, 5.41) is 12.4. The Morgan fingerprint density at radius 1 is 1.71 bits per heavy atom. The summed E-state index contributed by atoms with van der Waals surface area (Å²) in [5.74, 6) is -0.728. The molecule has 4 nitrogen and oxygen atoms in total. The van der Waals surface area contributed by atoms with Crippen molar-refractivity contribution in [2.75, 3.05) is 6.54 Å². The second kappa shape index (κ2) is 4.38. The van der Waals surface area contributed by atoms with Crippen LogP contribution in [0.4, 0.5) is 0 Å². The van der Waals surface area contributed by atoms with Crippen LogP contribution in [0.1, 0.15) is 43.4 Å². The lowest BCUT2D eigenvalue weighted by Crippen LogP contribution is -2.48. The van der Waals surface area contributed by atoms with Crippen LogP contribution in [0.2, 0.25) is 0 Å². The van der Waals surface area contributed by atoms with Gasteiger partial charge in [-0.1, -0.05) is 0 Å². The van der Waals surface area contributed by atoms with Crippen LogP contribution in [0.5, 0.6) is 0 Å². The Hall–Kier alpha value is -0.940. The third-order valence-corrected chi connectivity index (χ3v) is 4.48. The van der Waals surface area contributed by atoms with E-state index in [0.29, 0.717) is 0 Å². The van der Waals surface area contributed by atoms with Gasteiger partial charge in [0.1, 0.15) is 5.54 Å². The summed E-state index contributed by atoms with van der Waals surface area (Å²) in [6.07, 6.45) is 1.66. The molecular weight excluding hydrogens is 236 g/mol. The van der Waals surface area contributed by atoms with Gasteiger partial charge < -0.3 is 5.11 Å². The Morgan fingerprint density at radius 3 is 2.94 bits per heavy atom. The summed E-state index contributed by atoms with van der Waals surface area (Å²) in [4.78, 5) is 17.9. The Labute approximate surface area is 105 Å². The van der Waals surface area contributed by atoms with Crippen LogP contribution in [0.15, 0.2) is 5.38 Å². The predicted octanol–water partition coefficient (Wildman–Crippen LogP) is 2.45. The van der Waals surface area contributed by atoms with Crippen molar-refractivity contribution in [1.29, 1.82) is 0 Å². The summed E-state index contributed by atoms with van der Waals surface area (Å²) in [5.41, 5.74) is 0.249. The van der Waals surface area contributed by atoms with Gasteiger partial charge in [-0.25, -0.2) is 4.98 Å². The van der Waals surface area contributed by atoms with Gasteiger partial charge in [-0.15, -0.1) is 11.3 Å². The average molecular weight is 254 g/mol. The zero-order valence-electron chi connectivity index (χ0n) is 10.4. The number of likely N-dealkylation sites (tertiary alicyclic amines) is 1. The largest absolute Gasteiger partial charge is 0.480 e. The molecule has 2 rings (SSSR count). The van der Waals surface area contributed by atoms with E-state index in [0.717, 1.165) is 30.1 Å². The van der Waals surface area contributed by atoms with Crippen LogP contribution in [0.25, 0.3) is 0 Å². The minimum Gasteiger partial charge on any atom is -0.480 e. The molecule has 1 aromatic rings. The lowest BCUT2D eigenvalue weighted by atomic mass is 9.97. The number of nitrogens with zero attached hydrogens (tertiary/aromatic N) is 2. The van der Waals surface area contributed by atoms with E-state index < -0.39 is 11.5 Å². The first-order valence-corrected chi connectivity index (χ1v) is 6.75. The van der Waals surface area contributed by atoms with Crippen molar-refractivity contribution in [2.45, 2.75) is 45.2 Å². The molecule has 1 saturated heterocycles. The lowest BCUT2D eigenvalue weighted by Gasteiger charge is -2.35. The fourth-order valence-electron chi connectivity index (χ4n) is 2.57. The number of carboxylic acid groups (broad SMARTS) is 1. The molecule has 0 spiro atoms. The number of hydrogen-bond acceptors (Lipinski definition) is 4. The van der Waals surface area contributed by atoms with Crippen LogP contribution < -0.4 is 0 Å². The van der Waals surface area contributed by atoms with E-state index in [-0.39, 0.29) is 6.04 Å². The summed E-state index contributed by atoms with van der Waals surface area (Å²) in [6, 6.07) is 0.0727. The number of aliphatic carboxylic acids is 1. The van der Waals surface area contributed by atoms with E-state index in [2.05, 4.69) is 9.88 Å². The number of rotatable bonds is 3. The molecule has 2 atom stereocenters. The molecule has 2 unspecified atom stereocenters. The topological polar surface area (TPSA) is 53.4 Å². The summed E-state index contributed by atoms with van der Waals surface area (Å²) in [6.45, 7) is 6.67. The molecule has 0 amide bonds. The number of thiazole rings is 1. The van der Waals surface area contributed by atoms with Crippen molar-refractivity contribution in [3.8, 4) is 0 Å². The molecule has 2 heterocycles. The average Bonchev–Trinajstić information content (AvgIpc) is 2.85. The van der Waals surface area contributed by atoms with Gasteiger partial charge in [-0.05, 0) is 40.2 Å². The van der Waals surface area contributed by atoms with Crippen LogP contribution in [0.3, 0.4) is 0 Å². The van der Waals surface area contributed by atoms with Gasteiger partial charge in [0.25, 0.3) is 0 Å². The van der Waals surface area contributed by atoms with E-state index >= 15 is 0 Å². The van der Waals surface area contributed by atoms with E-state index in [4.69, 9.17) is 0 Å². The van der Waals surface area contributed by atoms with Crippen molar-refractivity contribution >= 4 is 17.3 Å². The standard InChI is InChI=1S/C12H18N2O2S/c1-8(10-7-17-9(2)13-10)14-6-4-5-12(14,3)11(15)16/h7-8H,4-6H2,1-3H3,(H,15,16). The first kappa shape index (κ1) is 12.5. The maximum absolute atomic E-state index is 11.4. The second-order valence-corrected chi connectivity index (χ2v) is 5.91. The quantitative estimate of drug-likeness (QED) is 0.900. The SMILES string of the molecule is Cc1nc(C(C)N2CCCC2(C)C(=O)O)cs1. The molecule has 0 saturated carbocycles. The first-order chi connectivity index (χ1) is 7.95. The second-order valence-electron chi connectivity index (χ2n) is 4.84. The predicted molar refractivity (Wildman–Crippen MR) is 67.2 cm³/mol. The fraction of sp³-hybridized carbons (Fsp3) is 0.667. The molecule has 5 heteroatoms. The van der Waals surface area contributed by atoms with Crippen LogP contribution in [-0.2, 0) is 4.79 Å². The van der Waals surface area contributed by atoms with E-state index in [1.54, 1.807) is 11.3 Å². The van der Waals surface area contributed by atoms with E-state index in [9.17, 15) is 9.90 Å². The van der Waals surface area contributed by atoms with Gasteiger partial charge in [-0.2, -0.15) is 0 Å². The normalized spacial score (nSPS) is 27.2. The summed E-state index contributed by atoms with van der Waals surface area (Å²) in [7, 11) is 0. The Kier molecular flexibility index (Phi) is 3.23. The van der Waals surface area contributed by atoms with Gasteiger partial charge in [0.15, 0.2) is 0 Å². The molecule has 0 aromatic carbocycles. The smallest absolute Gasteiger partial charge is 0.323 e. The molecule has 94 valence electrons. The van der Waals surface area contributed by atoms with Crippen molar-refractivity contribution < 1.29 is 9.90 Å². The third kappa shape index (κ3) is 2.09. The minimum absolute atomic E-state index is 0.0727. The van der Waals surface area contributed by atoms with Gasteiger partial charge in [0, 0.05) is 5.38 Å². The van der Waals surface area contributed by atoms with E-state index in [1.807, 2.05) is 26.2 Å². The number of aromatic nitrogens is 1. The molecule has 0 radical (unpaired) electrons. The number of carbonyl (C=O) groups is 1. The fourth-order valence-corrected chi connectivity index (χ4v) is 3.27. The van der Waals surface area contributed by atoms with E-state index in [1.165, 1.54) is 0 Å². The molecular formula is C12H18N2O2S. The number of aryl methyl sites for hydroxylation is 1. The van der Waals surface area contributed by atoms with Crippen LogP contribution in [0, 0.1) is 6.92 Å². The van der Waals surface area contributed by atoms with Crippen molar-refractivity contribution in [2.24, 2.45) is 0 Å². The van der Waals surface area contributed by atoms with Gasteiger partial charge in [0.2, 0.25) is 0 Å². The molecule has 1 fully saturated rings. The molecule has 0 bridgehead atoms. The Morgan fingerprint density at radius 2 is 2.41 bits per heavy atom. The third-order valence-electron chi connectivity index (χ3n) is 3.69. The highest BCUT2D eigenvalue weighted by Gasteiger charge is 2.45. The monoisotopic (exact) mass is 254 g/mol. The molecule has 1 N–H and O–H groups in total. The van der Waals surface area contributed by atoms with Gasteiger partial charge in [0.05, 0.1) is 16.7 Å². The highest BCUT2D eigenvalue weighted by atomic mass is 32.1. The van der Waals surface area contributed by atoms with Crippen LogP contribution >= 0.6 is 11.3 Å². The highest BCUT2D eigenvalue weighted by Crippen LogP contribution is 2.36. The van der Waals surface area contributed by atoms with Crippen molar-refractivity contribution in [3.05, 3.63) is 16.1 Å². The first-order valence-electron chi connectivity index (χ1n) is 5.87. The lowest BCUT2D eigenvalue weighted by molar-refractivity contribution is -0.149. The minimum atomic E-state index is -0.739. The van der Waals surface area contributed by atoms with Crippen molar-refractivity contribution in [1.82, 2.24) is 9.88 Å². The van der Waals surface area contributed by atoms with Crippen molar-refractivity contribution in [3.63, 3.8) is 0 Å². The zero-order valence-corrected chi connectivity index (χ0v) is 11.3. The molecule has 1 aromatic heterocycles. The van der Waals surface area contributed by atoms with Crippen LogP contribution in [-0.4, -0.2) is 33.0 Å². The number of carboxylic acids is 1. The molecule has 17 heavy (non-hydrogen) atoms. The van der Waals surface area contributed by atoms with Gasteiger partial charge >= 0.3 is 5.97 Å². The molecule has 1 aliphatic heterocycles. The Balaban J connectivity index is 2.25. The molecule has 1 aliphatic rings. The maximum atomic E-state index is 11.4. The number of hydrogen-bond donors (Lipinski definition) is 1. The maximum Gasteiger partial charge on any atom is 0.323 e. The summed E-state index contributed by atoms with van der Waals surface area (Å²) >= 11 is 1.61.